The summed E-state index contributed by atoms with van der Waals surface area (Å²) in [5.41, 5.74) is 4.20. The van der Waals surface area contributed by atoms with E-state index in [4.69, 9.17) is 11.6 Å². The molecule has 2 N–H and O–H groups in total. The Kier molecular flexibility index (Phi) is 5.46. The molecule has 5 heteroatoms. The van der Waals surface area contributed by atoms with Crippen LogP contribution in [0.15, 0.2) is 48.7 Å². The van der Waals surface area contributed by atoms with Crippen LogP contribution in [0, 0.1) is 0 Å². The summed E-state index contributed by atoms with van der Waals surface area (Å²) < 4.78 is 0. The quantitative estimate of drug-likeness (QED) is 0.665. The molecule has 0 atom stereocenters. The fourth-order valence-electron chi connectivity index (χ4n) is 3.73. The molecule has 1 aliphatic rings. The SMILES string of the molecule is O=C(NCCc1c[nH]c2ccc(Cl)cc12)c1ccc(CN2CCCC2)cc1. The Morgan fingerprint density at radius 2 is 1.89 bits per heavy atom. The predicted octanol–water partition coefficient (Wildman–Crippen LogP) is 4.39. The number of likely N-dealkylation sites (tertiary alicyclic amines) is 1. The molecule has 2 heterocycles. The van der Waals surface area contributed by atoms with Crippen LogP contribution in [0.1, 0.15) is 34.3 Å². The van der Waals surface area contributed by atoms with Crippen LogP contribution in [0.3, 0.4) is 0 Å². The number of nitrogens with one attached hydrogen (secondary N) is 2. The minimum absolute atomic E-state index is 0.0272. The van der Waals surface area contributed by atoms with Gasteiger partial charge in [-0.25, -0.2) is 0 Å². The summed E-state index contributed by atoms with van der Waals surface area (Å²) in [5, 5.41) is 4.85. The van der Waals surface area contributed by atoms with Gasteiger partial charge in [0.1, 0.15) is 0 Å². The molecule has 0 bridgehead atoms. The molecule has 1 aromatic heterocycles. The van der Waals surface area contributed by atoms with E-state index in [9.17, 15) is 4.79 Å². The normalized spacial score (nSPS) is 14.7. The van der Waals surface area contributed by atoms with Gasteiger partial charge in [0, 0.05) is 40.8 Å². The van der Waals surface area contributed by atoms with E-state index in [1.54, 1.807) is 0 Å². The molecule has 3 aromatic rings. The summed E-state index contributed by atoms with van der Waals surface area (Å²) in [4.78, 5) is 18.1. The second kappa shape index (κ2) is 8.15. The molecule has 0 aliphatic carbocycles. The number of aromatic nitrogens is 1. The number of nitrogens with zero attached hydrogens (tertiary/aromatic N) is 1. The van der Waals surface area contributed by atoms with Crippen LogP contribution in [0.2, 0.25) is 5.02 Å². The number of fused-ring (bicyclic) bond motifs is 1. The average molecular weight is 382 g/mol. The van der Waals surface area contributed by atoms with Gasteiger partial charge in [0.15, 0.2) is 0 Å². The lowest BCUT2D eigenvalue weighted by Gasteiger charge is -2.14. The van der Waals surface area contributed by atoms with Gasteiger partial charge in [-0.3, -0.25) is 9.69 Å². The van der Waals surface area contributed by atoms with E-state index < -0.39 is 0 Å². The van der Waals surface area contributed by atoms with E-state index in [0.717, 1.165) is 34.5 Å². The summed E-state index contributed by atoms with van der Waals surface area (Å²) in [7, 11) is 0. The Balaban J connectivity index is 1.31. The van der Waals surface area contributed by atoms with Gasteiger partial charge in [-0.1, -0.05) is 23.7 Å². The highest BCUT2D eigenvalue weighted by Crippen LogP contribution is 2.22. The number of carbonyl (C=O) groups excluding carboxylic acids is 1. The first-order valence-electron chi connectivity index (χ1n) is 9.54. The number of hydrogen-bond acceptors (Lipinski definition) is 2. The van der Waals surface area contributed by atoms with Gasteiger partial charge < -0.3 is 10.3 Å². The third-order valence-electron chi connectivity index (χ3n) is 5.23. The number of rotatable bonds is 6. The Labute approximate surface area is 164 Å². The number of amides is 1. The van der Waals surface area contributed by atoms with Gasteiger partial charge in [0.25, 0.3) is 5.91 Å². The molecule has 0 saturated carbocycles. The number of aromatic amines is 1. The van der Waals surface area contributed by atoms with Gasteiger partial charge >= 0.3 is 0 Å². The van der Waals surface area contributed by atoms with Crippen molar-refractivity contribution >= 4 is 28.4 Å². The zero-order valence-corrected chi connectivity index (χ0v) is 16.1. The standard InChI is InChI=1S/C22H24ClN3O/c23-19-7-8-21-20(13-19)18(14-25-21)9-10-24-22(27)17-5-3-16(4-6-17)15-26-11-1-2-12-26/h3-8,13-14,25H,1-2,9-12,15H2,(H,24,27). The molecule has 2 aromatic carbocycles. The summed E-state index contributed by atoms with van der Waals surface area (Å²) in [5.74, 6) is -0.0272. The molecular formula is C22H24ClN3O. The summed E-state index contributed by atoms with van der Waals surface area (Å²) in [6.07, 6.45) is 5.34. The van der Waals surface area contributed by atoms with Gasteiger partial charge in [0.2, 0.25) is 0 Å². The summed E-state index contributed by atoms with van der Waals surface area (Å²) >= 11 is 6.09. The Bertz CT molecular complexity index is 926. The van der Waals surface area contributed by atoms with Crippen LogP contribution in [0.25, 0.3) is 10.9 Å². The van der Waals surface area contributed by atoms with E-state index in [2.05, 4.69) is 27.3 Å². The van der Waals surface area contributed by atoms with E-state index >= 15 is 0 Å². The van der Waals surface area contributed by atoms with Crippen molar-refractivity contribution in [1.82, 2.24) is 15.2 Å². The largest absolute Gasteiger partial charge is 0.361 e. The van der Waals surface area contributed by atoms with Crippen molar-refractivity contribution in [2.45, 2.75) is 25.8 Å². The van der Waals surface area contributed by atoms with Crippen LogP contribution in [-0.4, -0.2) is 35.4 Å². The summed E-state index contributed by atoms with van der Waals surface area (Å²) in [6, 6.07) is 13.8. The monoisotopic (exact) mass is 381 g/mol. The minimum atomic E-state index is -0.0272. The summed E-state index contributed by atoms with van der Waals surface area (Å²) in [6.45, 7) is 3.93. The molecule has 4 nitrogen and oxygen atoms in total. The molecule has 1 amide bonds. The van der Waals surface area contributed by atoms with Gasteiger partial charge in [-0.15, -0.1) is 0 Å². The van der Waals surface area contributed by atoms with Crippen LogP contribution >= 0.6 is 11.6 Å². The van der Waals surface area contributed by atoms with Crippen molar-refractivity contribution in [3.63, 3.8) is 0 Å². The van der Waals surface area contributed by atoms with E-state index in [1.807, 2.05) is 36.5 Å². The molecule has 0 spiro atoms. The van der Waals surface area contributed by atoms with Gasteiger partial charge in [0.05, 0.1) is 0 Å². The molecule has 0 unspecified atom stereocenters. The maximum absolute atomic E-state index is 12.4. The maximum atomic E-state index is 12.4. The molecule has 1 fully saturated rings. The van der Waals surface area contributed by atoms with Crippen LogP contribution < -0.4 is 5.32 Å². The fraction of sp³-hybridized carbons (Fsp3) is 0.318. The Morgan fingerprint density at radius 1 is 1.11 bits per heavy atom. The number of benzene rings is 2. The maximum Gasteiger partial charge on any atom is 0.251 e. The molecule has 0 radical (unpaired) electrons. The molecule has 1 saturated heterocycles. The van der Waals surface area contributed by atoms with Crippen LogP contribution in [0.5, 0.6) is 0 Å². The van der Waals surface area contributed by atoms with Crippen molar-refractivity contribution < 1.29 is 4.79 Å². The number of halogens is 1. The zero-order valence-electron chi connectivity index (χ0n) is 15.3. The topological polar surface area (TPSA) is 48.1 Å². The van der Waals surface area contributed by atoms with Gasteiger partial charge in [-0.2, -0.15) is 0 Å². The number of H-pyrrole nitrogens is 1. The lowest BCUT2D eigenvalue weighted by atomic mass is 10.1. The number of carbonyl (C=O) groups is 1. The molecule has 4 rings (SSSR count). The molecular weight excluding hydrogens is 358 g/mol. The lowest BCUT2D eigenvalue weighted by molar-refractivity contribution is 0.0954. The minimum Gasteiger partial charge on any atom is -0.361 e. The highest BCUT2D eigenvalue weighted by atomic mass is 35.5. The predicted molar refractivity (Wildman–Crippen MR) is 110 cm³/mol. The van der Waals surface area contributed by atoms with E-state index in [-0.39, 0.29) is 5.91 Å². The van der Waals surface area contributed by atoms with Crippen molar-refractivity contribution in [3.8, 4) is 0 Å². The number of hydrogen-bond donors (Lipinski definition) is 2. The van der Waals surface area contributed by atoms with Crippen molar-refractivity contribution in [3.05, 3.63) is 70.4 Å². The lowest BCUT2D eigenvalue weighted by Crippen LogP contribution is -2.25. The first-order valence-corrected chi connectivity index (χ1v) is 9.92. The van der Waals surface area contributed by atoms with E-state index in [0.29, 0.717) is 12.1 Å². The average Bonchev–Trinajstić information content (AvgIpc) is 3.32. The highest BCUT2D eigenvalue weighted by molar-refractivity contribution is 6.31. The van der Waals surface area contributed by atoms with Crippen molar-refractivity contribution in [2.24, 2.45) is 0 Å². The Morgan fingerprint density at radius 3 is 2.67 bits per heavy atom. The second-order valence-electron chi connectivity index (χ2n) is 7.19. The Hall–Kier alpha value is -2.30. The van der Waals surface area contributed by atoms with Crippen LogP contribution in [0.4, 0.5) is 0 Å². The van der Waals surface area contributed by atoms with Crippen molar-refractivity contribution in [1.29, 1.82) is 0 Å². The molecule has 140 valence electrons. The third-order valence-corrected chi connectivity index (χ3v) is 5.47. The first-order chi connectivity index (χ1) is 13.2. The van der Waals surface area contributed by atoms with E-state index in [1.165, 1.54) is 31.5 Å². The van der Waals surface area contributed by atoms with Crippen molar-refractivity contribution in [2.75, 3.05) is 19.6 Å². The smallest absolute Gasteiger partial charge is 0.251 e. The second-order valence-corrected chi connectivity index (χ2v) is 7.63. The third kappa shape index (κ3) is 4.34. The van der Waals surface area contributed by atoms with Crippen LogP contribution in [-0.2, 0) is 13.0 Å². The first kappa shape index (κ1) is 18.1. The zero-order chi connectivity index (χ0) is 18.6. The molecule has 1 aliphatic heterocycles. The highest BCUT2D eigenvalue weighted by Gasteiger charge is 2.12. The fourth-order valence-corrected chi connectivity index (χ4v) is 3.90. The van der Waals surface area contributed by atoms with Gasteiger partial charge in [-0.05, 0) is 73.8 Å². The molecule has 27 heavy (non-hydrogen) atoms.